The lowest BCUT2D eigenvalue weighted by Crippen LogP contribution is -2.14. The second-order valence-electron chi connectivity index (χ2n) is 5.65. The lowest BCUT2D eigenvalue weighted by Gasteiger charge is -2.18. The molecule has 2 nitrogen and oxygen atoms in total. The molecule has 1 aromatic heterocycles. The number of benzene rings is 2. The van der Waals surface area contributed by atoms with Gasteiger partial charge in [0.2, 0.25) is 0 Å². The lowest BCUT2D eigenvalue weighted by atomic mass is 9.96. The molecule has 3 aromatic rings. The molecule has 0 atom stereocenters. The summed E-state index contributed by atoms with van der Waals surface area (Å²) in [5.41, 5.74) is 1.88. The second kappa shape index (κ2) is 5.14. The van der Waals surface area contributed by atoms with Crippen LogP contribution in [0.3, 0.4) is 0 Å². The van der Waals surface area contributed by atoms with Crippen molar-refractivity contribution in [3.8, 4) is 11.3 Å². The third kappa shape index (κ3) is 2.78. The maximum Gasteiger partial charge on any atom is 0.130 e. The molecule has 3 rings (SSSR count). The quantitative estimate of drug-likeness (QED) is 0.690. The predicted molar refractivity (Wildman–Crippen MR) is 87.4 cm³/mol. The molecule has 0 saturated heterocycles. The van der Waals surface area contributed by atoms with E-state index in [0.717, 1.165) is 27.6 Å². The second-order valence-corrected chi connectivity index (χ2v) is 6.04. The fraction of sp³-hybridized carbons (Fsp3) is 0.167. The van der Waals surface area contributed by atoms with Crippen LogP contribution in [0.2, 0.25) is 5.15 Å². The Kier molecular flexibility index (Phi) is 3.44. The van der Waals surface area contributed by atoms with E-state index in [9.17, 15) is 5.11 Å². The zero-order chi connectivity index (χ0) is 15.0. The topological polar surface area (TPSA) is 33.1 Å². The highest BCUT2D eigenvalue weighted by Gasteiger charge is 2.16. The highest BCUT2D eigenvalue weighted by molar-refractivity contribution is 6.30. The molecule has 0 spiro atoms. The summed E-state index contributed by atoms with van der Waals surface area (Å²) in [7, 11) is 0. The zero-order valence-corrected chi connectivity index (χ0v) is 12.7. The molecule has 0 aliphatic heterocycles. The minimum atomic E-state index is -0.845. The van der Waals surface area contributed by atoms with Crippen molar-refractivity contribution < 1.29 is 5.11 Å². The van der Waals surface area contributed by atoms with Gasteiger partial charge in [-0.2, -0.15) is 0 Å². The summed E-state index contributed by atoms with van der Waals surface area (Å²) in [6.07, 6.45) is 0. The van der Waals surface area contributed by atoms with Gasteiger partial charge in [-0.15, -0.1) is 0 Å². The zero-order valence-electron chi connectivity index (χ0n) is 12.0. The average Bonchev–Trinajstić information content (AvgIpc) is 2.45. The van der Waals surface area contributed by atoms with Crippen LogP contribution in [0.5, 0.6) is 0 Å². The molecule has 21 heavy (non-hydrogen) atoms. The van der Waals surface area contributed by atoms with E-state index in [1.54, 1.807) is 13.8 Å². The highest BCUT2D eigenvalue weighted by Crippen LogP contribution is 2.30. The number of hydrogen-bond acceptors (Lipinski definition) is 2. The number of nitrogens with zero attached hydrogens (tertiary/aromatic N) is 1. The number of hydrogen-bond donors (Lipinski definition) is 1. The van der Waals surface area contributed by atoms with E-state index in [0.29, 0.717) is 5.15 Å². The monoisotopic (exact) mass is 297 g/mol. The minimum Gasteiger partial charge on any atom is -0.386 e. The van der Waals surface area contributed by atoms with Crippen molar-refractivity contribution in [1.82, 2.24) is 4.98 Å². The Hall–Kier alpha value is -1.90. The van der Waals surface area contributed by atoms with E-state index in [1.807, 2.05) is 54.6 Å². The Morgan fingerprint density at radius 3 is 2.33 bits per heavy atom. The van der Waals surface area contributed by atoms with Crippen LogP contribution < -0.4 is 0 Å². The van der Waals surface area contributed by atoms with Crippen molar-refractivity contribution in [3.05, 3.63) is 65.3 Å². The molecule has 3 heteroatoms. The van der Waals surface area contributed by atoms with Crippen molar-refractivity contribution >= 4 is 22.4 Å². The van der Waals surface area contributed by atoms with E-state index in [-0.39, 0.29) is 0 Å². The number of pyridine rings is 1. The molecule has 2 aromatic carbocycles. The third-order valence-electron chi connectivity index (χ3n) is 3.57. The summed E-state index contributed by atoms with van der Waals surface area (Å²) in [6, 6.07) is 17.7. The molecule has 0 radical (unpaired) electrons. The van der Waals surface area contributed by atoms with Crippen molar-refractivity contribution in [2.75, 3.05) is 0 Å². The predicted octanol–water partition coefficient (Wildman–Crippen LogP) is 4.78. The summed E-state index contributed by atoms with van der Waals surface area (Å²) >= 11 is 6.13. The maximum absolute atomic E-state index is 10.0. The number of rotatable bonds is 2. The molecule has 0 amide bonds. The van der Waals surface area contributed by atoms with Gasteiger partial charge in [0.05, 0.1) is 11.3 Å². The summed E-state index contributed by atoms with van der Waals surface area (Å²) < 4.78 is 0. The Bertz CT molecular complexity index is 788. The number of aliphatic hydroxyl groups is 1. The van der Waals surface area contributed by atoms with E-state index in [4.69, 9.17) is 11.6 Å². The summed E-state index contributed by atoms with van der Waals surface area (Å²) in [5.74, 6) is 0. The van der Waals surface area contributed by atoms with E-state index >= 15 is 0 Å². The molecule has 1 N–H and O–H groups in total. The fourth-order valence-electron chi connectivity index (χ4n) is 2.42. The van der Waals surface area contributed by atoms with Gasteiger partial charge < -0.3 is 5.11 Å². The fourth-order valence-corrected chi connectivity index (χ4v) is 2.62. The first-order valence-corrected chi connectivity index (χ1v) is 7.21. The van der Waals surface area contributed by atoms with Crippen LogP contribution in [-0.4, -0.2) is 10.1 Å². The smallest absolute Gasteiger partial charge is 0.130 e. The van der Waals surface area contributed by atoms with Gasteiger partial charge in [-0.3, -0.25) is 0 Å². The van der Waals surface area contributed by atoms with Crippen LogP contribution in [0.1, 0.15) is 19.4 Å². The van der Waals surface area contributed by atoms with Gasteiger partial charge >= 0.3 is 0 Å². The van der Waals surface area contributed by atoms with Crippen LogP contribution in [0.15, 0.2) is 54.6 Å². The lowest BCUT2D eigenvalue weighted by molar-refractivity contribution is 0.0786. The van der Waals surface area contributed by atoms with Crippen LogP contribution in [0.25, 0.3) is 22.0 Å². The van der Waals surface area contributed by atoms with Crippen molar-refractivity contribution in [3.63, 3.8) is 0 Å². The first kappa shape index (κ1) is 14.1. The minimum absolute atomic E-state index is 0.482. The first-order valence-electron chi connectivity index (χ1n) is 6.84. The van der Waals surface area contributed by atoms with Crippen LogP contribution in [0.4, 0.5) is 0 Å². The normalized spacial score (nSPS) is 11.8. The Morgan fingerprint density at radius 2 is 1.67 bits per heavy atom. The molecule has 0 unspecified atom stereocenters. The van der Waals surface area contributed by atoms with Gasteiger partial charge in [0, 0.05) is 10.9 Å². The SMILES string of the molecule is CC(C)(O)c1ccc(-c2nc(Cl)cc3ccccc23)cc1. The molecule has 106 valence electrons. The van der Waals surface area contributed by atoms with Gasteiger partial charge in [0.15, 0.2) is 0 Å². The summed E-state index contributed by atoms with van der Waals surface area (Å²) in [6.45, 7) is 3.55. The standard InChI is InChI=1S/C18H16ClNO/c1-18(2,21)14-9-7-12(8-10-14)17-15-6-4-3-5-13(15)11-16(19)20-17/h3-11,21H,1-2H3. The Morgan fingerprint density at radius 1 is 1.00 bits per heavy atom. The van der Waals surface area contributed by atoms with Crippen molar-refractivity contribution in [2.45, 2.75) is 19.4 Å². The van der Waals surface area contributed by atoms with E-state index in [1.165, 1.54) is 0 Å². The molecule has 0 aliphatic carbocycles. The third-order valence-corrected chi connectivity index (χ3v) is 3.77. The van der Waals surface area contributed by atoms with Gasteiger partial charge in [0.1, 0.15) is 5.15 Å². The van der Waals surface area contributed by atoms with E-state index in [2.05, 4.69) is 4.98 Å². The van der Waals surface area contributed by atoms with Crippen LogP contribution in [0, 0.1) is 0 Å². The Balaban J connectivity index is 2.16. The Labute approximate surface area is 129 Å². The first-order chi connectivity index (χ1) is 9.95. The van der Waals surface area contributed by atoms with Crippen LogP contribution >= 0.6 is 11.6 Å². The van der Waals surface area contributed by atoms with Gasteiger partial charge in [-0.05, 0) is 30.9 Å². The average molecular weight is 298 g/mol. The number of aromatic nitrogens is 1. The van der Waals surface area contributed by atoms with Gasteiger partial charge in [-0.1, -0.05) is 60.1 Å². The molecule has 0 aliphatic rings. The molecule has 0 saturated carbocycles. The van der Waals surface area contributed by atoms with Crippen molar-refractivity contribution in [2.24, 2.45) is 0 Å². The summed E-state index contributed by atoms with van der Waals surface area (Å²) in [5, 5.41) is 12.6. The highest BCUT2D eigenvalue weighted by atomic mass is 35.5. The molecule has 1 heterocycles. The summed E-state index contributed by atoms with van der Waals surface area (Å²) in [4.78, 5) is 4.47. The van der Waals surface area contributed by atoms with Crippen molar-refractivity contribution in [1.29, 1.82) is 0 Å². The largest absolute Gasteiger partial charge is 0.386 e. The van der Waals surface area contributed by atoms with Gasteiger partial charge in [-0.25, -0.2) is 4.98 Å². The van der Waals surface area contributed by atoms with Gasteiger partial charge in [0.25, 0.3) is 0 Å². The number of halogens is 1. The molecular formula is C18H16ClNO. The molecular weight excluding hydrogens is 282 g/mol. The molecule has 0 bridgehead atoms. The number of fused-ring (bicyclic) bond motifs is 1. The molecule has 0 fully saturated rings. The maximum atomic E-state index is 10.0. The van der Waals surface area contributed by atoms with E-state index < -0.39 is 5.60 Å². The van der Waals surface area contributed by atoms with Crippen LogP contribution in [-0.2, 0) is 5.60 Å².